The number of aromatic nitrogens is 1. The van der Waals surface area contributed by atoms with Crippen molar-refractivity contribution in [3.8, 4) is 0 Å². The minimum absolute atomic E-state index is 0.104. The van der Waals surface area contributed by atoms with Gasteiger partial charge in [-0.2, -0.15) is 13.2 Å². The van der Waals surface area contributed by atoms with Crippen LogP contribution in [0.15, 0.2) is 24.5 Å². The van der Waals surface area contributed by atoms with Crippen LogP contribution in [-0.2, 0) is 4.74 Å². The molecule has 1 aliphatic heterocycles. The van der Waals surface area contributed by atoms with Crippen molar-refractivity contribution in [1.29, 1.82) is 0 Å². The van der Waals surface area contributed by atoms with Crippen LogP contribution >= 0.6 is 0 Å². The predicted octanol–water partition coefficient (Wildman–Crippen LogP) is 2.26. The number of alkyl halides is 3. The van der Waals surface area contributed by atoms with Crippen LogP contribution in [-0.4, -0.2) is 46.8 Å². The summed E-state index contributed by atoms with van der Waals surface area (Å²) in [5, 5.41) is 0. The minimum atomic E-state index is -4.49. The first kappa shape index (κ1) is 14.8. The zero-order valence-electron chi connectivity index (χ0n) is 11.1. The van der Waals surface area contributed by atoms with E-state index in [0.717, 1.165) is 0 Å². The Morgan fingerprint density at radius 3 is 2.75 bits per heavy atom. The number of amides is 1. The zero-order chi connectivity index (χ0) is 15.0. The second kappa shape index (κ2) is 5.05. The lowest BCUT2D eigenvalue weighted by Gasteiger charge is -2.43. The van der Waals surface area contributed by atoms with Crippen LogP contribution in [0, 0.1) is 0 Å². The highest BCUT2D eigenvalue weighted by atomic mass is 19.4. The fourth-order valence-corrected chi connectivity index (χ4v) is 2.18. The molecule has 1 unspecified atom stereocenters. The first-order valence-corrected chi connectivity index (χ1v) is 6.13. The van der Waals surface area contributed by atoms with Crippen molar-refractivity contribution in [1.82, 2.24) is 9.88 Å². The van der Waals surface area contributed by atoms with Crippen LogP contribution in [0.1, 0.15) is 24.2 Å². The Bertz CT molecular complexity index is 488. The molecule has 0 N–H and O–H groups in total. The maximum atomic E-state index is 12.8. The molecule has 20 heavy (non-hydrogen) atoms. The van der Waals surface area contributed by atoms with Crippen molar-refractivity contribution in [2.75, 3.05) is 13.1 Å². The number of nitrogens with zero attached hydrogens (tertiary/aromatic N) is 2. The third-order valence-corrected chi connectivity index (χ3v) is 2.98. The van der Waals surface area contributed by atoms with E-state index in [9.17, 15) is 18.0 Å². The van der Waals surface area contributed by atoms with Crippen LogP contribution in [0.3, 0.4) is 0 Å². The molecule has 1 aromatic heterocycles. The predicted molar refractivity (Wildman–Crippen MR) is 65.1 cm³/mol. The normalized spacial score (nSPS) is 22.6. The molecule has 0 saturated carbocycles. The highest BCUT2D eigenvalue weighted by Gasteiger charge is 2.49. The molecule has 1 saturated heterocycles. The Morgan fingerprint density at radius 1 is 1.50 bits per heavy atom. The molecule has 7 heteroatoms. The number of carbonyl (C=O) groups is 1. The molecule has 1 aromatic rings. The van der Waals surface area contributed by atoms with E-state index in [1.54, 1.807) is 6.07 Å². The minimum Gasteiger partial charge on any atom is -0.359 e. The summed E-state index contributed by atoms with van der Waals surface area (Å²) in [6.45, 7) is 2.68. The van der Waals surface area contributed by atoms with E-state index in [2.05, 4.69) is 4.98 Å². The summed E-state index contributed by atoms with van der Waals surface area (Å²) in [5.41, 5.74) is -0.776. The molecule has 4 nitrogen and oxygen atoms in total. The number of morpholine rings is 1. The quantitative estimate of drug-likeness (QED) is 0.796. The monoisotopic (exact) mass is 288 g/mol. The van der Waals surface area contributed by atoms with Crippen molar-refractivity contribution in [2.45, 2.75) is 31.7 Å². The fraction of sp³-hybridized carbons (Fsp3) is 0.538. The maximum Gasteiger partial charge on any atom is 0.416 e. The molecule has 1 fully saturated rings. The van der Waals surface area contributed by atoms with E-state index in [-0.39, 0.29) is 12.1 Å². The third-order valence-electron chi connectivity index (χ3n) is 2.98. The summed E-state index contributed by atoms with van der Waals surface area (Å²) >= 11 is 0. The molecular formula is C13H15F3N2O2. The van der Waals surface area contributed by atoms with Crippen LogP contribution in [0.4, 0.5) is 13.2 Å². The first-order valence-electron chi connectivity index (χ1n) is 6.13. The van der Waals surface area contributed by atoms with Crippen molar-refractivity contribution in [3.63, 3.8) is 0 Å². The topological polar surface area (TPSA) is 42.4 Å². The SMILES string of the molecule is CC1(C)CN(C(=O)c2cccnc2)CC(C(F)(F)F)O1. The molecule has 0 aromatic carbocycles. The number of halogens is 3. The number of hydrogen-bond donors (Lipinski definition) is 0. The van der Waals surface area contributed by atoms with Crippen LogP contribution in [0.25, 0.3) is 0 Å². The van der Waals surface area contributed by atoms with E-state index >= 15 is 0 Å². The van der Waals surface area contributed by atoms with Gasteiger partial charge in [0.1, 0.15) is 0 Å². The maximum absolute atomic E-state index is 12.8. The summed E-state index contributed by atoms with van der Waals surface area (Å²) in [6, 6.07) is 3.10. The lowest BCUT2D eigenvalue weighted by Crippen LogP contribution is -2.58. The van der Waals surface area contributed by atoms with E-state index in [1.165, 1.54) is 37.2 Å². The summed E-state index contributed by atoms with van der Waals surface area (Å²) in [7, 11) is 0. The van der Waals surface area contributed by atoms with Gasteiger partial charge < -0.3 is 9.64 Å². The lowest BCUT2D eigenvalue weighted by molar-refractivity contribution is -0.267. The van der Waals surface area contributed by atoms with E-state index in [1.807, 2.05) is 0 Å². The largest absolute Gasteiger partial charge is 0.416 e. The van der Waals surface area contributed by atoms with Gasteiger partial charge in [0.05, 0.1) is 17.7 Å². The molecule has 110 valence electrons. The van der Waals surface area contributed by atoms with E-state index in [0.29, 0.717) is 0 Å². The Morgan fingerprint density at radius 2 is 2.20 bits per heavy atom. The molecule has 0 bridgehead atoms. The molecule has 2 rings (SSSR count). The second-order valence-corrected chi connectivity index (χ2v) is 5.34. The third kappa shape index (κ3) is 3.27. The summed E-state index contributed by atoms with van der Waals surface area (Å²) in [6.07, 6.45) is -3.62. The molecule has 0 aliphatic carbocycles. The van der Waals surface area contributed by atoms with Crippen LogP contribution in [0.2, 0.25) is 0 Å². The van der Waals surface area contributed by atoms with Gasteiger partial charge in [0.15, 0.2) is 6.10 Å². The van der Waals surface area contributed by atoms with Gasteiger partial charge in [0, 0.05) is 18.9 Å². The number of carbonyl (C=O) groups excluding carboxylic acids is 1. The van der Waals surface area contributed by atoms with Crippen molar-refractivity contribution in [2.24, 2.45) is 0 Å². The van der Waals surface area contributed by atoms with Gasteiger partial charge in [-0.3, -0.25) is 9.78 Å². The van der Waals surface area contributed by atoms with Gasteiger partial charge in [-0.25, -0.2) is 0 Å². The molecule has 0 radical (unpaired) electrons. The summed E-state index contributed by atoms with van der Waals surface area (Å²) in [5.74, 6) is -0.469. The molecule has 1 aliphatic rings. The fourth-order valence-electron chi connectivity index (χ4n) is 2.18. The molecular weight excluding hydrogens is 273 g/mol. The second-order valence-electron chi connectivity index (χ2n) is 5.34. The van der Waals surface area contributed by atoms with Gasteiger partial charge in [-0.15, -0.1) is 0 Å². The number of rotatable bonds is 1. The van der Waals surface area contributed by atoms with E-state index < -0.39 is 30.3 Å². The van der Waals surface area contributed by atoms with Crippen molar-refractivity contribution >= 4 is 5.91 Å². The van der Waals surface area contributed by atoms with Gasteiger partial charge in [-0.05, 0) is 26.0 Å². The Hall–Kier alpha value is -1.63. The Kier molecular flexibility index (Phi) is 3.73. The average molecular weight is 288 g/mol. The lowest BCUT2D eigenvalue weighted by atomic mass is 10.0. The van der Waals surface area contributed by atoms with Gasteiger partial charge >= 0.3 is 6.18 Å². The smallest absolute Gasteiger partial charge is 0.359 e. The number of ether oxygens (including phenoxy) is 1. The molecule has 2 heterocycles. The standard InChI is InChI=1S/C13H15F3N2O2/c1-12(2)8-18(7-10(20-12)13(14,15)16)11(19)9-4-3-5-17-6-9/h3-6,10H,7-8H2,1-2H3. The highest BCUT2D eigenvalue weighted by molar-refractivity contribution is 5.94. The van der Waals surface area contributed by atoms with Crippen molar-refractivity contribution < 1.29 is 22.7 Å². The van der Waals surface area contributed by atoms with Crippen LogP contribution < -0.4 is 0 Å². The molecule has 1 atom stereocenters. The van der Waals surface area contributed by atoms with Gasteiger partial charge in [0.25, 0.3) is 5.91 Å². The average Bonchev–Trinajstić information content (AvgIpc) is 2.36. The zero-order valence-corrected chi connectivity index (χ0v) is 11.1. The molecule has 1 amide bonds. The Labute approximate surface area is 114 Å². The van der Waals surface area contributed by atoms with Gasteiger partial charge in [0.2, 0.25) is 0 Å². The van der Waals surface area contributed by atoms with Crippen molar-refractivity contribution in [3.05, 3.63) is 30.1 Å². The molecule has 0 spiro atoms. The first-order chi connectivity index (χ1) is 9.19. The highest BCUT2D eigenvalue weighted by Crippen LogP contribution is 2.32. The number of pyridine rings is 1. The Balaban J connectivity index is 2.21. The number of hydrogen-bond acceptors (Lipinski definition) is 3. The van der Waals surface area contributed by atoms with Gasteiger partial charge in [-0.1, -0.05) is 0 Å². The van der Waals surface area contributed by atoms with Crippen LogP contribution in [0.5, 0.6) is 0 Å². The summed E-state index contributed by atoms with van der Waals surface area (Å²) < 4.78 is 43.6. The van der Waals surface area contributed by atoms with E-state index in [4.69, 9.17) is 4.74 Å². The summed E-state index contributed by atoms with van der Waals surface area (Å²) in [4.78, 5) is 17.2.